The van der Waals surface area contributed by atoms with E-state index in [2.05, 4.69) is 15.7 Å². The molecule has 2 aromatic carbocycles. The van der Waals surface area contributed by atoms with Gasteiger partial charge in [0.15, 0.2) is 12.3 Å². The van der Waals surface area contributed by atoms with E-state index in [1.165, 1.54) is 22.9 Å². The molecule has 2 amide bonds. The van der Waals surface area contributed by atoms with Crippen LogP contribution in [0.25, 0.3) is 16.3 Å². The lowest BCUT2D eigenvalue weighted by Gasteiger charge is -2.09. The Morgan fingerprint density at radius 2 is 1.64 bits per heavy atom. The second-order valence-corrected chi connectivity index (χ2v) is 7.97. The highest BCUT2D eigenvalue weighted by molar-refractivity contribution is 7.13. The molecule has 0 aliphatic rings. The lowest BCUT2D eigenvalue weighted by atomic mass is 10.2. The Labute approximate surface area is 193 Å². The average molecular weight is 461 g/mol. The smallest absolute Gasteiger partial charge is 0.357 e. The van der Waals surface area contributed by atoms with E-state index in [9.17, 15) is 14.4 Å². The van der Waals surface area contributed by atoms with Gasteiger partial charge in [0, 0.05) is 24.4 Å². The molecule has 4 aromatic rings. The first kappa shape index (κ1) is 22.0. The summed E-state index contributed by atoms with van der Waals surface area (Å²) >= 11 is 1.51. The second-order valence-electron chi connectivity index (χ2n) is 7.02. The van der Waals surface area contributed by atoms with Crippen molar-refractivity contribution in [2.24, 2.45) is 0 Å². The fourth-order valence-corrected chi connectivity index (χ4v) is 3.76. The zero-order chi connectivity index (χ0) is 23.2. The minimum Gasteiger partial charge on any atom is -0.451 e. The fraction of sp³-hybridized carbons (Fsp3) is 0.0833. The molecule has 0 radical (unpaired) electrons. The maximum absolute atomic E-state index is 12.8. The van der Waals surface area contributed by atoms with Gasteiger partial charge in [0.25, 0.3) is 5.91 Å². The van der Waals surface area contributed by atoms with Crippen LogP contribution in [0.1, 0.15) is 17.4 Å². The molecule has 0 saturated carbocycles. The Kier molecular flexibility index (Phi) is 6.61. The van der Waals surface area contributed by atoms with Gasteiger partial charge in [0.2, 0.25) is 5.91 Å². The molecule has 0 saturated heterocycles. The van der Waals surface area contributed by atoms with Crippen LogP contribution in [0, 0.1) is 0 Å². The molecule has 0 atom stereocenters. The lowest BCUT2D eigenvalue weighted by Crippen LogP contribution is -2.22. The van der Waals surface area contributed by atoms with Gasteiger partial charge in [-0.1, -0.05) is 24.3 Å². The van der Waals surface area contributed by atoms with Crippen LogP contribution >= 0.6 is 11.3 Å². The van der Waals surface area contributed by atoms with Gasteiger partial charge >= 0.3 is 5.97 Å². The number of para-hydroxylation sites is 1. The van der Waals surface area contributed by atoms with Crippen molar-refractivity contribution in [3.63, 3.8) is 0 Å². The Morgan fingerprint density at radius 3 is 2.27 bits per heavy atom. The minimum absolute atomic E-state index is 0.185. The molecule has 2 heterocycles. The fourth-order valence-electron chi connectivity index (χ4n) is 3.08. The van der Waals surface area contributed by atoms with Crippen molar-refractivity contribution in [1.29, 1.82) is 0 Å². The predicted molar refractivity (Wildman–Crippen MR) is 127 cm³/mol. The zero-order valence-electron chi connectivity index (χ0n) is 17.6. The third kappa shape index (κ3) is 5.52. The third-order valence-electron chi connectivity index (χ3n) is 4.52. The number of ether oxygens (including phenoxy) is 1. The first-order valence-electron chi connectivity index (χ1n) is 10.0. The average Bonchev–Trinajstić information content (AvgIpc) is 3.49. The number of benzene rings is 2. The summed E-state index contributed by atoms with van der Waals surface area (Å²) < 4.78 is 6.78. The second kappa shape index (κ2) is 9.92. The lowest BCUT2D eigenvalue weighted by molar-refractivity contribution is -0.119. The van der Waals surface area contributed by atoms with E-state index >= 15 is 0 Å². The number of aromatic nitrogens is 2. The summed E-state index contributed by atoms with van der Waals surface area (Å²) in [6, 6.07) is 21.3. The van der Waals surface area contributed by atoms with Crippen LogP contribution in [0.4, 0.5) is 11.4 Å². The first-order valence-corrected chi connectivity index (χ1v) is 10.9. The van der Waals surface area contributed by atoms with Crippen molar-refractivity contribution in [3.05, 3.63) is 83.9 Å². The number of amides is 2. The highest BCUT2D eigenvalue weighted by atomic mass is 32.1. The van der Waals surface area contributed by atoms with Crippen LogP contribution in [0.3, 0.4) is 0 Å². The molecule has 33 heavy (non-hydrogen) atoms. The number of hydrogen-bond acceptors (Lipinski definition) is 6. The monoisotopic (exact) mass is 460 g/mol. The molecule has 0 unspecified atom stereocenters. The predicted octanol–water partition coefficient (Wildman–Crippen LogP) is 4.35. The summed E-state index contributed by atoms with van der Waals surface area (Å²) in [6.07, 6.45) is 0. The highest BCUT2D eigenvalue weighted by Gasteiger charge is 2.20. The molecule has 0 bridgehead atoms. The molecule has 2 aromatic heterocycles. The number of nitrogens with one attached hydrogen (secondary N) is 2. The number of carbonyl (C=O) groups excluding carboxylic acids is 3. The van der Waals surface area contributed by atoms with Gasteiger partial charge in [-0.05, 0) is 47.8 Å². The zero-order valence-corrected chi connectivity index (χ0v) is 18.5. The Bertz CT molecular complexity index is 1270. The number of hydrogen-bond donors (Lipinski definition) is 2. The van der Waals surface area contributed by atoms with E-state index in [0.717, 1.165) is 4.88 Å². The van der Waals surface area contributed by atoms with Crippen LogP contribution < -0.4 is 10.6 Å². The van der Waals surface area contributed by atoms with Gasteiger partial charge in [0.05, 0.1) is 10.6 Å². The van der Waals surface area contributed by atoms with E-state index in [4.69, 9.17) is 4.74 Å². The van der Waals surface area contributed by atoms with Crippen LogP contribution in [-0.4, -0.2) is 34.2 Å². The summed E-state index contributed by atoms with van der Waals surface area (Å²) in [5.41, 5.74) is 2.69. The number of anilines is 2. The van der Waals surface area contributed by atoms with Crippen molar-refractivity contribution < 1.29 is 19.1 Å². The maximum atomic E-state index is 12.8. The molecule has 0 spiro atoms. The molecule has 0 fully saturated rings. The molecule has 4 rings (SSSR count). The molecule has 2 N–H and O–H groups in total. The van der Waals surface area contributed by atoms with Gasteiger partial charge in [-0.25, -0.2) is 9.48 Å². The summed E-state index contributed by atoms with van der Waals surface area (Å²) in [5, 5.41) is 11.8. The van der Waals surface area contributed by atoms with Crippen LogP contribution in [0.15, 0.2) is 78.2 Å². The summed E-state index contributed by atoms with van der Waals surface area (Å²) in [7, 11) is 0. The van der Waals surface area contributed by atoms with E-state index in [-0.39, 0.29) is 11.6 Å². The van der Waals surface area contributed by atoms with E-state index in [0.29, 0.717) is 22.8 Å². The quantitative estimate of drug-likeness (QED) is 0.399. The summed E-state index contributed by atoms with van der Waals surface area (Å²) in [5.74, 6) is -1.33. The maximum Gasteiger partial charge on any atom is 0.357 e. The SMILES string of the molecule is CC(=O)Nc1ccc(NC(=O)COC(=O)c2cc(-c3cccs3)nn2-c2ccccc2)cc1. The van der Waals surface area contributed by atoms with Crippen molar-refractivity contribution in [1.82, 2.24) is 9.78 Å². The van der Waals surface area contributed by atoms with E-state index in [1.54, 1.807) is 30.3 Å². The van der Waals surface area contributed by atoms with Crippen molar-refractivity contribution >= 4 is 40.5 Å². The Hall–Kier alpha value is -4.24. The van der Waals surface area contributed by atoms with Crippen molar-refractivity contribution in [3.8, 4) is 16.3 Å². The number of esters is 1. The van der Waals surface area contributed by atoms with E-state index < -0.39 is 18.5 Å². The third-order valence-corrected chi connectivity index (χ3v) is 5.41. The van der Waals surface area contributed by atoms with Gasteiger partial charge in [0.1, 0.15) is 5.69 Å². The van der Waals surface area contributed by atoms with Crippen LogP contribution in [-0.2, 0) is 14.3 Å². The minimum atomic E-state index is -0.662. The molecule has 0 aliphatic heterocycles. The van der Waals surface area contributed by atoms with Gasteiger partial charge < -0.3 is 15.4 Å². The van der Waals surface area contributed by atoms with Crippen LogP contribution in [0.5, 0.6) is 0 Å². The molecule has 9 heteroatoms. The summed E-state index contributed by atoms with van der Waals surface area (Å²) in [4.78, 5) is 37.1. The number of carbonyl (C=O) groups is 3. The molecule has 166 valence electrons. The Morgan fingerprint density at radius 1 is 0.939 bits per heavy atom. The van der Waals surface area contributed by atoms with E-state index in [1.807, 2.05) is 47.8 Å². The molecular weight excluding hydrogens is 440 g/mol. The largest absolute Gasteiger partial charge is 0.451 e. The topological polar surface area (TPSA) is 102 Å². The molecule has 0 aliphatic carbocycles. The van der Waals surface area contributed by atoms with Crippen molar-refractivity contribution in [2.75, 3.05) is 17.2 Å². The molecular formula is C24H20N4O4S. The van der Waals surface area contributed by atoms with Gasteiger partial charge in [-0.3, -0.25) is 9.59 Å². The number of rotatable bonds is 7. The highest BCUT2D eigenvalue weighted by Crippen LogP contribution is 2.26. The van der Waals surface area contributed by atoms with Crippen LogP contribution in [0.2, 0.25) is 0 Å². The number of thiophene rings is 1. The van der Waals surface area contributed by atoms with Gasteiger partial charge in [-0.2, -0.15) is 5.10 Å². The van der Waals surface area contributed by atoms with Gasteiger partial charge in [-0.15, -0.1) is 11.3 Å². The van der Waals surface area contributed by atoms with Crippen molar-refractivity contribution in [2.45, 2.75) is 6.92 Å². The summed E-state index contributed by atoms with van der Waals surface area (Å²) in [6.45, 7) is 0.956. The molecule has 8 nitrogen and oxygen atoms in total. The standard InChI is InChI=1S/C24H20N4O4S/c1-16(29)25-17-9-11-18(12-10-17)26-23(30)15-32-24(31)21-14-20(22-8-5-13-33-22)27-28(21)19-6-3-2-4-7-19/h2-14H,15H2,1H3,(H,25,29)(H,26,30). The number of nitrogens with zero attached hydrogens (tertiary/aromatic N) is 2. The normalized spacial score (nSPS) is 10.5. The Balaban J connectivity index is 1.44. The first-order chi connectivity index (χ1) is 16.0.